The maximum atomic E-state index is 12.9. The van der Waals surface area contributed by atoms with E-state index in [9.17, 15) is 22.8 Å². The zero-order chi connectivity index (χ0) is 21.6. The number of alkyl halides is 3. The lowest BCUT2D eigenvalue weighted by Gasteiger charge is -2.29. The van der Waals surface area contributed by atoms with Crippen molar-refractivity contribution in [2.75, 3.05) is 0 Å². The molecular weight excluding hydrogens is 421 g/mol. The first-order valence-electron chi connectivity index (χ1n) is 8.83. The summed E-state index contributed by atoms with van der Waals surface area (Å²) < 4.78 is 44.6. The summed E-state index contributed by atoms with van der Waals surface area (Å²) >= 11 is 6.04. The van der Waals surface area contributed by atoms with Gasteiger partial charge >= 0.3 is 6.18 Å². The molecule has 1 aliphatic heterocycles. The van der Waals surface area contributed by atoms with E-state index in [1.54, 1.807) is 47.4 Å². The van der Waals surface area contributed by atoms with E-state index in [0.29, 0.717) is 27.6 Å². The molecule has 1 unspecified atom stereocenters. The summed E-state index contributed by atoms with van der Waals surface area (Å²) in [6, 6.07) is 12.0. The van der Waals surface area contributed by atoms with Crippen molar-refractivity contribution in [3.63, 3.8) is 0 Å². The van der Waals surface area contributed by atoms with Gasteiger partial charge in [0.25, 0.3) is 11.5 Å². The molecule has 0 fully saturated rings. The Morgan fingerprint density at radius 3 is 2.50 bits per heavy atom. The fraction of sp³-hybridized carbons (Fsp3) is 0.143. The van der Waals surface area contributed by atoms with Crippen molar-refractivity contribution in [2.24, 2.45) is 0 Å². The van der Waals surface area contributed by atoms with Gasteiger partial charge in [-0.2, -0.15) is 13.2 Å². The van der Waals surface area contributed by atoms with E-state index in [4.69, 9.17) is 16.3 Å². The van der Waals surface area contributed by atoms with Crippen LogP contribution in [-0.4, -0.2) is 10.9 Å². The minimum absolute atomic E-state index is 0.0831. The van der Waals surface area contributed by atoms with Gasteiger partial charge in [-0.3, -0.25) is 9.59 Å². The van der Waals surface area contributed by atoms with Crippen molar-refractivity contribution < 1.29 is 22.7 Å². The predicted molar refractivity (Wildman–Crippen MR) is 104 cm³/mol. The molecule has 2 N–H and O–H groups in total. The average molecular weight is 435 g/mol. The number of aromatic amines is 1. The summed E-state index contributed by atoms with van der Waals surface area (Å²) in [6.07, 6.45) is -4.73. The summed E-state index contributed by atoms with van der Waals surface area (Å²) in [7, 11) is 0. The van der Waals surface area contributed by atoms with Crippen LogP contribution < -0.4 is 15.6 Å². The zero-order valence-electron chi connectivity index (χ0n) is 15.4. The SMILES string of the molecule is Cc1cc(C(F)(F)F)[nH]c(=O)c1C(=O)NC1c2ccccc2Oc2cc(Cl)ccc21. The summed E-state index contributed by atoms with van der Waals surface area (Å²) in [6.45, 7) is 1.28. The summed E-state index contributed by atoms with van der Waals surface area (Å²) in [5.41, 5.74) is -1.55. The van der Waals surface area contributed by atoms with Crippen LogP contribution in [0.25, 0.3) is 0 Å². The Morgan fingerprint density at radius 1 is 1.10 bits per heavy atom. The molecule has 154 valence electrons. The number of carbonyl (C=O) groups is 1. The van der Waals surface area contributed by atoms with Crippen LogP contribution in [0.3, 0.4) is 0 Å². The van der Waals surface area contributed by atoms with Crippen LogP contribution in [0.2, 0.25) is 5.02 Å². The molecule has 4 rings (SSSR count). The standard InChI is InChI=1S/C21H14ClF3N2O3/c1-10-8-16(21(23,24)25)26-19(28)17(10)20(29)27-18-12-4-2-3-5-14(12)30-15-9-11(22)6-7-13(15)18/h2-9,18H,1H3,(H,26,28)(H,27,29). The molecule has 0 saturated carbocycles. The number of hydrogen-bond donors (Lipinski definition) is 2. The molecule has 2 heterocycles. The average Bonchev–Trinajstić information content (AvgIpc) is 2.66. The highest BCUT2D eigenvalue weighted by Crippen LogP contribution is 2.43. The molecule has 1 atom stereocenters. The molecule has 0 bridgehead atoms. The molecule has 1 aromatic heterocycles. The molecule has 3 aromatic rings. The number of rotatable bonds is 2. The van der Waals surface area contributed by atoms with Crippen molar-refractivity contribution in [2.45, 2.75) is 19.1 Å². The van der Waals surface area contributed by atoms with Crippen LogP contribution >= 0.6 is 11.6 Å². The number of fused-ring (bicyclic) bond motifs is 2. The van der Waals surface area contributed by atoms with E-state index in [2.05, 4.69) is 5.32 Å². The highest BCUT2D eigenvalue weighted by atomic mass is 35.5. The number of para-hydroxylation sites is 1. The third-order valence-corrected chi connectivity index (χ3v) is 5.01. The maximum Gasteiger partial charge on any atom is 0.431 e. The topological polar surface area (TPSA) is 71.2 Å². The highest BCUT2D eigenvalue weighted by molar-refractivity contribution is 6.30. The number of pyridine rings is 1. The fourth-order valence-corrected chi connectivity index (χ4v) is 3.58. The van der Waals surface area contributed by atoms with Crippen LogP contribution in [0.1, 0.15) is 38.8 Å². The number of nitrogens with one attached hydrogen (secondary N) is 2. The van der Waals surface area contributed by atoms with Gasteiger partial charge in [-0.15, -0.1) is 0 Å². The Bertz CT molecular complexity index is 1220. The van der Waals surface area contributed by atoms with Crippen molar-refractivity contribution in [3.8, 4) is 11.5 Å². The molecule has 1 amide bonds. The number of aromatic nitrogens is 1. The fourth-order valence-electron chi connectivity index (χ4n) is 3.42. The molecule has 30 heavy (non-hydrogen) atoms. The Balaban J connectivity index is 1.75. The summed E-state index contributed by atoms with van der Waals surface area (Å²) in [4.78, 5) is 26.9. The molecular formula is C21H14ClF3N2O3. The van der Waals surface area contributed by atoms with E-state index in [1.807, 2.05) is 0 Å². The highest BCUT2D eigenvalue weighted by Gasteiger charge is 2.34. The third kappa shape index (κ3) is 3.54. The van der Waals surface area contributed by atoms with Crippen molar-refractivity contribution in [1.82, 2.24) is 10.3 Å². The largest absolute Gasteiger partial charge is 0.457 e. The van der Waals surface area contributed by atoms with Crippen LogP contribution in [0.15, 0.2) is 53.3 Å². The van der Waals surface area contributed by atoms with E-state index in [1.165, 1.54) is 6.92 Å². The first kappa shape index (κ1) is 20.0. The predicted octanol–water partition coefficient (Wildman–Crippen LogP) is 4.98. The molecule has 9 heteroatoms. The molecule has 2 aromatic carbocycles. The quantitative estimate of drug-likeness (QED) is 0.597. The number of aryl methyl sites for hydroxylation is 1. The Hall–Kier alpha value is -3.26. The van der Waals surface area contributed by atoms with E-state index >= 15 is 0 Å². The molecule has 0 spiro atoms. The van der Waals surface area contributed by atoms with Gasteiger partial charge < -0.3 is 15.0 Å². The number of ether oxygens (including phenoxy) is 1. The first-order chi connectivity index (χ1) is 14.1. The van der Waals surface area contributed by atoms with Gasteiger partial charge in [0, 0.05) is 16.1 Å². The van der Waals surface area contributed by atoms with Crippen LogP contribution in [0, 0.1) is 6.92 Å². The van der Waals surface area contributed by atoms with Crippen LogP contribution in [0.5, 0.6) is 11.5 Å². The lowest BCUT2D eigenvalue weighted by Crippen LogP contribution is -2.36. The number of hydrogen-bond acceptors (Lipinski definition) is 3. The van der Waals surface area contributed by atoms with E-state index in [0.717, 1.165) is 6.07 Å². The van der Waals surface area contributed by atoms with E-state index in [-0.39, 0.29) is 11.1 Å². The molecule has 0 aliphatic carbocycles. The van der Waals surface area contributed by atoms with Gasteiger partial charge in [-0.05, 0) is 36.8 Å². The second-order valence-corrected chi connectivity index (χ2v) is 7.23. The Labute approximate surface area is 173 Å². The minimum atomic E-state index is -4.73. The van der Waals surface area contributed by atoms with Gasteiger partial charge in [0.1, 0.15) is 22.8 Å². The lowest BCUT2D eigenvalue weighted by molar-refractivity contribution is -0.141. The van der Waals surface area contributed by atoms with Crippen molar-refractivity contribution >= 4 is 17.5 Å². The molecule has 1 aliphatic rings. The summed E-state index contributed by atoms with van der Waals surface area (Å²) in [5.74, 6) is 0.130. The third-order valence-electron chi connectivity index (χ3n) is 4.77. The van der Waals surface area contributed by atoms with Gasteiger partial charge in [0.05, 0.1) is 6.04 Å². The number of halogens is 4. The molecule has 0 saturated heterocycles. The number of H-pyrrole nitrogens is 1. The van der Waals surface area contributed by atoms with Crippen LogP contribution in [-0.2, 0) is 6.18 Å². The maximum absolute atomic E-state index is 12.9. The zero-order valence-corrected chi connectivity index (χ0v) is 16.2. The number of carbonyl (C=O) groups excluding carboxylic acids is 1. The summed E-state index contributed by atoms with van der Waals surface area (Å²) in [5, 5.41) is 3.18. The number of amides is 1. The van der Waals surface area contributed by atoms with Gasteiger partial charge in [0.2, 0.25) is 0 Å². The van der Waals surface area contributed by atoms with Gasteiger partial charge in [-0.1, -0.05) is 35.9 Å². The van der Waals surface area contributed by atoms with Gasteiger partial charge in [0.15, 0.2) is 0 Å². The molecule has 0 radical (unpaired) electrons. The lowest BCUT2D eigenvalue weighted by atomic mass is 9.94. The van der Waals surface area contributed by atoms with Gasteiger partial charge in [-0.25, -0.2) is 0 Å². The number of benzene rings is 2. The molecule has 5 nitrogen and oxygen atoms in total. The monoisotopic (exact) mass is 434 g/mol. The minimum Gasteiger partial charge on any atom is -0.457 e. The van der Waals surface area contributed by atoms with E-state index < -0.39 is 29.4 Å². The second-order valence-electron chi connectivity index (χ2n) is 6.80. The van der Waals surface area contributed by atoms with Crippen molar-refractivity contribution in [3.05, 3.63) is 91.9 Å². The normalized spacial score (nSPS) is 15.0. The Kier molecular flexibility index (Phi) is 4.82. The first-order valence-corrected chi connectivity index (χ1v) is 9.21. The van der Waals surface area contributed by atoms with Crippen molar-refractivity contribution in [1.29, 1.82) is 0 Å². The van der Waals surface area contributed by atoms with Crippen LogP contribution in [0.4, 0.5) is 13.2 Å². The smallest absolute Gasteiger partial charge is 0.431 e. The second kappa shape index (κ2) is 7.21. The Morgan fingerprint density at radius 2 is 1.80 bits per heavy atom.